The zero-order valence-electron chi connectivity index (χ0n) is 30.9. The van der Waals surface area contributed by atoms with Crippen molar-refractivity contribution < 1.29 is 0 Å². The van der Waals surface area contributed by atoms with Gasteiger partial charge in [0, 0.05) is 59.7 Å². The average Bonchev–Trinajstić information content (AvgIpc) is 3.86. The van der Waals surface area contributed by atoms with E-state index < -0.39 is 0 Å². The van der Waals surface area contributed by atoms with Gasteiger partial charge in [0.15, 0.2) is 5.82 Å². The van der Waals surface area contributed by atoms with Gasteiger partial charge in [0.2, 0.25) is 0 Å². The molecule has 0 saturated carbocycles. The van der Waals surface area contributed by atoms with Crippen molar-refractivity contribution in [3.63, 3.8) is 0 Å². The Morgan fingerprint density at radius 1 is 0.804 bits per heavy atom. The third kappa shape index (κ3) is 5.45. The molecule has 1 atom stereocenters. The van der Waals surface area contributed by atoms with Crippen molar-refractivity contribution in [1.29, 1.82) is 15.8 Å². The Hall–Kier alpha value is -6.74. The first kappa shape index (κ1) is 35.0. The van der Waals surface area contributed by atoms with Gasteiger partial charge in [-0.05, 0) is 72.5 Å². The summed E-state index contributed by atoms with van der Waals surface area (Å²) in [7, 11) is 0. The Kier molecular flexibility index (Phi) is 8.85. The van der Waals surface area contributed by atoms with E-state index in [1.54, 1.807) is 0 Å². The van der Waals surface area contributed by atoms with Crippen LogP contribution in [0.25, 0.3) is 55.7 Å². The molecule has 4 N–H and O–H groups in total. The van der Waals surface area contributed by atoms with E-state index in [2.05, 4.69) is 79.1 Å². The lowest BCUT2D eigenvalue weighted by atomic mass is 9.95. The van der Waals surface area contributed by atoms with Crippen LogP contribution in [0.2, 0.25) is 0 Å². The van der Waals surface area contributed by atoms with Gasteiger partial charge in [-0.1, -0.05) is 80.9 Å². The van der Waals surface area contributed by atoms with Crippen LogP contribution in [-0.4, -0.2) is 28.9 Å². The summed E-state index contributed by atoms with van der Waals surface area (Å²) in [6.07, 6.45) is 2.07. The maximum atomic E-state index is 10.6. The number of aryl methyl sites for hydroxylation is 1. The number of fused-ring (bicyclic) bond motifs is 9. The largest absolute Gasteiger partial charge is 0.350 e. The van der Waals surface area contributed by atoms with Crippen molar-refractivity contribution in [3.8, 4) is 51.8 Å². The van der Waals surface area contributed by atoms with Crippen LogP contribution in [-0.2, 0) is 6.42 Å². The van der Waals surface area contributed by atoms with E-state index in [4.69, 9.17) is 20.7 Å². The van der Waals surface area contributed by atoms with E-state index >= 15 is 0 Å². The molecule has 0 spiro atoms. The molecule has 3 heterocycles. The highest BCUT2D eigenvalue weighted by Crippen LogP contribution is 2.61. The van der Waals surface area contributed by atoms with Gasteiger partial charge in [0.25, 0.3) is 0 Å². The minimum absolute atomic E-state index is 0.0358. The molecule has 1 aliphatic heterocycles. The van der Waals surface area contributed by atoms with Gasteiger partial charge in [-0.15, -0.1) is 11.3 Å². The highest BCUT2D eigenvalue weighted by molar-refractivity contribution is 7.16. The summed E-state index contributed by atoms with van der Waals surface area (Å²) in [4.78, 5) is 16.8. The van der Waals surface area contributed by atoms with Crippen LogP contribution in [0.5, 0.6) is 0 Å². The molecule has 6 aromatic rings. The van der Waals surface area contributed by atoms with Crippen LogP contribution < -0.4 is 16.4 Å². The summed E-state index contributed by atoms with van der Waals surface area (Å²) < 4.78 is 0. The van der Waals surface area contributed by atoms with Gasteiger partial charge in [-0.3, -0.25) is 5.32 Å². The van der Waals surface area contributed by atoms with Crippen LogP contribution >= 0.6 is 11.3 Å². The third-order valence-electron chi connectivity index (χ3n) is 10.7. The fraction of sp³-hybridized carbons (Fsp3) is 0.174. The number of thiophene rings is 1. The number of hydrogen-bond acceptors (Lipinski definition) is 10. The van der Waals surface area contributed by atoms with Gasteiger partial charge < -0.3 is 11.1 Å². The fourth-order valence-electron chi connectivity index (χ4n) is 8.24. The number of aromatic nitrogens is 2. The summed E-state index contributed by atoms with van der Waals surface area (Å²) in [5.74, 6) is 1.34. The molecule has 0 radical (unpaired) electrons. The molecule has 2 aromatic heterocycles. The van der Waals surface area contributed by atoms with E-state index in [9.17, 15) is 15.8 Å². The quantitative estimate of drug-likeness (QED) is 0.130. The Labute approximate surface area is 328 Å². The summed E-state index contributed by atoms with van der Waals surface area (Å²) in [6, 6.07) is 35.4. The predicted octanol–water partition coefficient (Wildman–Crippen LogP) is 9.08. The van der Waals surface area contributed by atoms with Crippen LogP contribution in [0.4, 0.5) is 5.69 Å². The van der Waals surface area contributed by atoms with Crippen molar-refractivity contribution in [2.75, 3.05) is 13.1 Å². The fourth-order valence-corrected chi connectivity index (χ4v) is 9.73. The molecule has 0 bridgehead atoms. The van der Waals surface area contributed by atoms with Crippen LogP contribution in [0.3, 0.4) is 0 Å². The number of rotatable bonds is 8. The standard InChI is InChI=1S/C46H35N9S/c1-3-9-35-31-10-5-7-12-36(31)53-44(52-35)25-14-16-30-34(20-25)39(28(23-49)24-50)43-41(30)40-29-17-15-26(21-33(29)38(42(40)56-43)27(22-48)18-19-47)45-54-37-13-8-6-11-32(37)46(55-45)51-4-2/h5-8,10-17,20-21,46,51H,3-4,9,18-19,47H2,1-2H3,(H,54,55)/b38-27+. The summed E-state index contributed by atoms with van der Waals surface area (Å²) in [5, 5.41) is 39.4. The van der Waals surface area contributed by atoms with Crippen molar-refractivity contribution in [3.05, 3.63) is 134 Å². The second kappa shape index (κ2) is 14.2. The number of benzene rings is 4. The molecule has 0 fully saturated rings. The van der Waals surface area contributed by atoms with Crippen molar-refractivity contribution >= 4 is 44.9 Å². The molecule has 3 aliphatic rings. The van der Waals surface area contributed by atoms with Crippen LogP contribution in [0.1, 0.15) is 70.6 Å². The third-order valence-corrected chi connectivity index (χ3v) is 11.9. The van der Waals surface area contributed by atoms with Gasteiger partial charge >= 0.3 is 0 Å². The zero-order chi connectivity index (χ0) is 38.5. The molecule has 0 saturated heterocycles. The molecule has 9 nitrogen and oxygen atoms in total. The molecule has 56 heavy (non-hydrogen) atoms. The minimum Gasteiger partial charge on any atom is -0.350 e. The smallest absolute Gasteiger partial charge is 0.160 e. The molecule has 2 aliphatic carbocycles. The highest BCUT2D eigenvalue weighted by Gasteiger charge is 2.40. The maximum Gasteiger partial charge on any atom is 0.160 e. The van der Waals surface area contributed by atoms with Gasteiger partial charge in [-0.2, -0.15) is 15.8 Å². The summed E-state index contributed by atoms with van der Waals surface area (Å²) >= 11 is 1.52. The maximum absolute atomic E-state index is 10.6. The van der Waals surface area contributed by atoms with Crippen molar-refractivity contribution in [2.45, 2.75) is 39.3 Å². The van der Waals surface area contributed by atoms with Gasteiger partial charge in [0.1, 0.15) is 29.7 Å². The monoisotopic (exact) mass is 745 g/mol. The van der Waals surface area contributed by atoms with E-state index in [1.807, 2.05) is 48.5 Å². The number of amidine groups is 1. The first-order valence-corrected chi connectivity index (χ1v) is 19.6. The average molecular weight is 746 g/mol. The predicted molar refractivity (Wildman–Crippen MR) is 222 cm³/mol. The first-order valence-electron chi connectivity index (χ1n) is 18.8. The number of hydrogen-bond donors (Lipinski definition) is 3. The molecule has 270 valence electrons. The lowest BCUT2D eigenvalue weighted by molar-refractivity contribution is 0.518. The van der Waals surface area contributed by atoms with Crippen molar-refractivity contribution in [2.24, 2.45) is 10.7 Å². The molecule has 9 rings (SSSR count). The van der Waals surface area contributed by atoms with Crippen LogP contribution in [0.15, 0.2) is 101 Å². The van der Waals surface area contributed by atoms with Gasteiger partial charge in [0.05, 0.1) is 23.0 Å². The second-order valence-corrected chi connectivity index (χ2v) is 14.9. The SMILES string of the molecule is CCCc1nc(-c2ccc3c(c2)C(=C(C#N)C#N)c2sc4c(c2-3)-c2ccc(C3=Nc5ccccc5C(NCC)N3)cc2/C4=C(\C#N)CCN)nc2ccccc12. The molecule has 1 unspecified atom stereocenters. The first-order chi connectivity index (χ1) is 27.5. The normalized spacial score (nSPS) is 15.3. The Balaban J connectivity index is 1.24. The van der Waals surface area contributed by atoms with Gasteiger partial charge in [-0.25, -0.2) is 15.0 Å². The van der Waals surface area contributed by atoms with Crippen molar-refractivity contribution in [1.82, 2.24) is 20.6 Å². The van der Waals surface area contributed by atoms with Crippen LogP contribution in [0, 0.1) is 34.0 Å². The number of aliphatic imine (C=N–C) groups is 1. The van der Waals surface area contributed by atoms with E-state index in [0.717, 1.165) is 113 Å². The van der Waals surface area contributed by atoms with E-state index in [-0.39, 0.29) is 11.7 Å². The minimum atomic E-state index is -0.108. The molecule has 4 aromatic carbocycles. The summed E-state index contributed by atoms with van der Waals surface area (Å²) in [5.41, 5.74) is 19.3. The Bertz CT molecular complexity index is 2860. The summed E-state index contributed by atoms with van der Waals surface area (Å²) in [6.45, 7) is 5.31. The molecule has 10 heteroatoms. The second-order valence-electron chi connectivity index (χ2n) is 13.9. The highest BCUT2D eigenvalue weighted by atomic mass is 32.1. The molecular weight excluding hydrogens is 711 g/mol. The number of allylic oxidation sites excluding steroid dienone is 1. The number of nitriles is 3. The molecule has 0 amide bonds. The van der Waals surface area contributed by atoms with E-state index in [0.29, 0.717) is 29.9 Å². The topological polar surface area (TPSA) is 160 Å². The number of nitrogens with zero attached hydrogens (tertiary/aromatic N) is 6. The Morgan fingerprint density at radius 3 is 2.23 bits per heavy atom. The number of nitrogens with one attached hydrogen (secondary N) is 2. The Morgan fingerprint density at radius 2 is 1.50 bits per heavy atom. The zero-order valence-corrected chi connectivity index (χ0v) is 31.7. The molecular formula is C46H35N9S. The number of nitrogens with two attached hydrogens (primary N) is 1. The van der Waals surface area contributed by atoms with E-state index in [1.165, 1.54) is 11.3 Å². The number of para-hydroxylation sites is 2. The lowest BCUT2D eigenvalue weighted by Gasteiger charge is -2.28. The lowest BCUT2D eigenvalue weighted by Crippen LogP contribution is -2.40.